The van der Waals surface area contributed by atoms with Gasteiger partial charge in [-0.25, -0.2) is 0 Å². The number of aliphatic imine (C=N–C) groups is 2. The molecule has 0 saturated heterocycles. The number of hydrogen-bond donors (Lipinski definition) is 2. The molecule has 1 unspecified atom stereocenters. The fraction of sp³-hybridized carbons (Fsp3) is 0.391. The summed E-state index contributed by atoms with van der Waals surface area (Å²) in [7, 11) is 3.38. The Morgan fingerprint density at radius 3 is 2.34 bits per heavy atom. The third-order valence-electron chi connectivity index (χ3n) is 5.24. The summed E-state index contributed by atoms with van der Waals surface area (Å²) < 4.78 is 11.2. The fourth-order valence-electron chi connectivity index (χ4n) is 3.77. The molecule has 0 saturated carbocycles. The van der Waals surface area contributed by atoms with Gasteiger partial charge in [-0.3, -0.25) is 9.98 Å². The number of hydrogen-bond acceptors (Lipinski definition) is 8. The monoisotopic (exact) mass is 490 g/mol. The lowest BCUT2D eigenvalue weighted by molar-refractivity contribution is 0.404. The summed E-state index contributed by atoms with van der Waals surface area (Å²) in [6, 6.07) is 12.1. The summed E-state index contributed by atoms with van der Waals surface area (Å²) in [4.78, 5) is 9.16. The number of thioether (sulfide) groups is 2. The average molecular weight is 491 g/mol. The van der Waals surface area contributed by atoms with Crippen molar-refractivity contribution in [3.8, 4) is 11.5 Å². The van der Waals surface area contributed by atoms with Crippen LogP contribution >= 0.6 is 35.1 Å². The van der Waals surface area contributed by atoms with Gasteiger partial charge in [-0.1, -0.05) is 65.5 Å². The van der Waals surface area contributed by atoms with Crippen LogP contribution in [0, 0.1) is 0 Å². The molecule has 2 aliphatic rings. The Hall–Kier alpha value is -2.03. The fourth-order valence-corrected chi connectivity index (χ4v) is 5.81. The third kappa shape index (κ3) is 5.66. The molecule has 0 bridgehead atoms. The van der Waals surface area contributed by atoms with Crippen molar-refractivity contribution in [3.05, 3.63) is 58.1 Å². The van der Waals surface area contributed by atoms with Crippen LogP contribution in [0.3, 0.4) is 0 Å². The molecule has 0 fully saturated rings. The summed E-state index contributed by atoms with van der Waals surface area (Å²) >= 11 is 9.77. The molecule has 6 nitrogen and oxygen atoms in total. The van der Waals surface area contributed by atoms with E-state index in [1.165, 1.54) is 5.56 Å². The highest BCUT2D eigenvalue weighted by atomic mass is 35.5. The quantitative estimate of drug-likeness (QED) is 0.573. The van der Waals surface area contributed by atoms with Crippen molar-refractivity contribution in [2.75, 3.05) is 33.1 Å². The number of para-hydroxylation sites is 2. The highest BCUT2D eigenvalue weighted by molar-refractivity contribution is 8.14. The van der Waals surface area contributed by atoms with Crippen LogP contribution in [0.25, 0.3) is 0 Å². The molecule has 2 aromatic carbocycles. The lowest BCUT2D eigenvalue weighted by Gasteiger charge is -2.16. The minimum absolute atomic E-state index is 0.366. The smallest absolute Gasteiger partial charge is 0.157 e. The predicted octanol–water partition coefficient (Wildman–Crippen LogP) is 4.35. The molecule has 2 N–H and O–H groups in total. The minimum atomic E-state index is 0.366. The first-order chi connectivity index (χ1) is 15.7. The van der Waals surface area contributed by atoms with Gasteiger partial charge in [0.05, 0.1) is 32.3 Å². The molecule has 32 heavy (non-hydrogen) atoms. The van der Waals surface area contributed by atoms with Gasteiger partial charge in [-0.2, -0.15) is 0 Å². The van der Waals surface area contributed by atoms with Crippen molar-refractivity contribution < 1.29 is 9.47 Å². The average Bonchev–Trinajstić information content (AvgIpc) is 3.48. The number of rotatable bonds is 8. The van der Waals surface area contributed by atoms with E-state index in [4.69, 9.17) is 26.1 Å². The van der Waals surface area contributed by atoms with E-state index < -0.39 is 0 Å². The van der Waals surface area contributed by atoms with Gasteiger partial charge in [0.2, 0.25) is 0 Å². The molecule has 0 radical (unpaired) electrons. The van der Waals surface area contributed by atoms with Crippen molar-refractivity contribution in [1.29, 1.82) is 0 Å². The topological polar surface area (TPSA) is 67.2 Å². The van der Waals surface area contributed by atoms with Crippen LogP contribution < -0.4 is 20.1 Å². The lowest BCUT2D eigenvalue weighted by atomic mass is 10.0. The first-order valence-electron chi connectivity index (χ1n) is 10.5. The largest absolute Gasteiger partial charge is 0.496 e. The number of nitrogens with one attached hydrogen (secondary N) is 2. The van der Waals surface area contributed by atoms with Gasteiger partial charge in [0, 0.05) is 35.2 Å². The summed E-state index contributed by atoms with van der Waals surface area (Å²) in [5.74, 6) is 2.71. The Morgan fingerprint density at radius 1 is 0.938 bits per heavy atom. The molecular weight excluding hydrogens is 464 g/mol. The lowest BCUT2D eigenvalue weighted by Crippen LogP contribution is -2.20. The molecular formula is C23H27ClN4O2S2. The summed E-state index contributed by atoms with van der Waals surface area (Å²) in [6.07, 6.45) is 0.895. The number of amidine groups is 2. The third-order valence-corrected chi connectivity index (χ3v) is 7.62. The molecule has 2 aliphatic heterocycles. The van der Waals surface area contributed by atoms with Crippen LogP contribution in [0.1, 0.15) is 16.7 Å². The summed E-state index contributed by atoms with van der Waals surface area (Å²) in [5, 5.41) is 9.80. The molecule has 0 spiro atoms. The molecule has 2 aromatic rings. The van der Waals surface area contributed by atoms with Crippen molar-refractivity contribution >= 4 is 45.5 Å². The maximum atomic E-state index is 6.23. The van der Waals surface area contributed by atoms with Crippen LogP contribution in [0.2, 0.25) is 5.02 Å². The molecule has 0 amide bonds. The predicted molar refractivity (Wildman–Crippen MR) is 137 cm³/mol. The maximum Gasteiger partial charge on any atom is 0.157 e. The normalized spacial score (nSPS) is 17.7. The summed E-state index contributed by atoms with van der Waals surface area (Å²) in [5.41, 5.74) is 3.37. The van der Waals surface area contributed by atoms with Gasteiger partial charge in [0.15, 0.2) is 10.3 Å². The first kappa shape index (κ1) is 23.1. The zero-order chi connectivity index (χ0) is 22.3. The Labute approximate surface area is 202 Å². The second kappa shape index (κ2) is 11.2. The highest BCUT2D eigenvalue weighted by Gasteiger charge is 2.22. The van der Waals surface area contributed by atoms with Crippen molar-refractivity contribution in [2.45, 2.75) is 24.8 Å². The number of halogens is 1. The second-order valence-electron chi connectivity index (χ2n) is 7.37. The van der Waals surface area contributed by atoms with E-state index >= 15 is 0 Å². The first-order valence-corrected chi connectivity index (χ1v) is 12.7. The van der Waals surface area contributed by atoms with Gasteiger partial charge in [0.25, 0.3) is 0 Å². The van der Waals surface area contributed by atoms with E-state index in [0.29, 0.717) is 29.1 Å². The van der Waals surface area contributed by atoms with E-state index in [9.17, 15) is 0 Å². The van der Waals surface area contributed by atoms with Crippen molar-refractivity contribution in [1.82, 2.24) is 10.6 Å². The van der Waals surface area contributed by atoms with E-state index in [-0.39, 0.29) is 0 Å². The SMILES string of the molecule is COc1c(Cl)cccc1CNC1=NCC(Cc2cccc(CNC3=NCCS3)c2OC)S1. The molecule has 1 atom stereocenters. The maximum absolute atomic E-state index is 6.23. The van der Waals surface area contributed by atoms with Crippen LogP contribution in [-0.4, -0.2) is 48.6 Å². The van der Waals surface area contributed by atoms with E-state index in [0.717, 1.165) is 52.5 Å². The number of nitrogens with zero attached hydrogens (tertiary/aromatic N) is 2. The minimum Gasteiger partial charge on any atom is -0.496 e. The van der Waals surface area contributed by atoms with Gasteiger partial charge >= 0.3 is 0 Å². The van der Waals surface area contributed by atoms with Crippen molar-refractivity contribution in [3.63, 3.8) is 0 Å². The Morgan fingerprint density at radius 2 is 1.62 bits per heavy atom. The van der Waals surface area contributed by atoms with E-state index in [1.807, 2.05) is 18.2 Å². The highest BCUT2D eigenvalue weighted by Crippen LogP contribution is 2.31. The van der Waals surface area contributed by atoms with E-state index in [2.05, 4.69) is 33.8 Å². The Bertz CT molecular complexity index is 1020. The van der Waals surface area contributed by atoms with Crippen LogP contribution in [-0.2, 0) is 19.5 Å². The number of methoxy groups -OCH3 is 2. The Kier molecular flexibility index (Phi) is 8.10. The standard InChI is InChI=1S/C23H27ClN4O2S2/c1-29-20-15(5-3-6-16(20)12-26-22-25-9-10-31-22)11-18-14-28-23(32-18)27-13-17-7-4-8-19(24)21(17)30-2/h3-8,18H,9-14H2,1-2H3,(H,25,26)(H,27,28). The van der Waals surface area contributed by atoms with Crippen LogP contribution in [0.5, 0.6) is 11.5 Å². The molecule has 0 aliphatic carbocycles. The van der Waals surface area contributed by atoms with Crippen LogP contribution in [0.4, 0.5) is 0 Å². The zero-order valence-corrected chi connectivity index (χ0v) is 20.6. The zero-order valence-electron chi connectivity index (χ0n) is 18.2. The summed E-state index contributed by atoms with van der Waals surface area (Å²) in [6.45, 7) is 3.00. The number of ether oxygens (including phenoxy) is 2. The van der Waals surface area contributed by atoms with Crippen LogP contribution in [0.15, 0.2) is 46.4 Å². The van der Waals surface area contributed by atoms with Gasteiger partial charge < -0.3 is 20.1 Å². The molecule has 9 heteroatoms. The molecule has 0 aromatic heterocycles. The Balaban J connectivity index is 1.33. The van der Waals surface area contributed by atoms with Gasteiger partial charge in [0.1, 0.15) is 11.5 Å². The molecule has 4 rings (SSSR count). The van der Waals surface area contributed by atoms with E-state index in [1.54, 1.807) is 37.7 Å². The van der Waals surface area contributed by atoms with Gasteiger partial charge in [-0.15, -0.1) is 0 Å². The van der Waals surface area contributed by atoms with Crippen molar-refractivity contribution in [2.24, 2.45) is 9.98 Å². The molecule has 2 heterocycles. The second-order valence-corrected chi connectivity index (χ2v) is 10.2. The molecule has 170 valence electrons. The number of benzene rings is 2. The van der Waals surface area contributed by atoms with Gasteiger partial charge in [-0.05, 0) is 18.1 Å².